The summed E-state index contributed by atoms with van der Waals surface area (Å²) in [4.78, 5) is 23.7. The van der Waals surface area contributed by atoms with Crippen LogP contribution in [-0.4, -0.2) is 26.0 Å². The lowest BCUT2D eigenvalue weighted by Gasteiger charge is -2.09. The molecule has 0 aliphatic carbocycles. The van der Waals surface area contributed by atoms with Gasteiger partial charge in [-0.05, 0) is 29.8 Å². The number of carboxylic acids is 1. The predicted octanol–water partition coefficient (Wildman–Crippen LogP) is 2.83. The van der Waals surface area contributed by atoms with E-state index >= 15 is 0 Å². The average Bonchev–Trinajstić information content (AvgIpc) is 2.56. The van der Waals surface area contributed by atoms with Gasteiger partial charge in [0.25, 0.3) is 0 Å². The van der Waals surface area contributed by atoms with E-state index in [1.165, 1.54) is 0 Å². The molecule has 1 N–H and O–H groups in total. The van der Waals surface area contributed by atoms with Gasteiger partial charge in [-0.15, -0.1) is 0 Å². The highest BCUT2D eigenvalue weighted by Gasteiger charge is 2.12. The van der Waals surface area contributed by atoms with Crippen LogP contribution in [0.15, 0.2) is 61.3 Å². The van der Waals surface area contributed by atoms with E-state index in [0.29, 0.717) is 11.3 Å². The second-order valence-corrected chi connectivity index (χ2v) is 4.79. The van der Waals surface area contributed by atoms with Gasteiger partial charge >= 0.3 is 5.97 Å². The zero-order chi connectivity index (χ0) is 15.4. The molecule has 3 aromatic rings. The Bertz CT molecular complexity index is 790. The summed E-state index contributed by atoms with van der Waals surface area (Å²) in [6.45, 7) is 0. The molecule has 3 aromatic heterocycles. The van der Waals surface area contributed by atoms with E-state index in [1.807, 2.05) is 24.3 Å². The monoisotopic (exact) mass is 291 g/mol. The molecule has 0 saturated carbocycles. The third kappa shape index (κ3) is 2.98. The predicted molar refractivity (Wildman–Crippen MR) is 82.0 cm³/mol. The van der Waals surface area contributed by atoms with Crippen molar-refractivity contribution < 1.29 is 9.90 Å². The molecule has 0 spiro atoms. The molecule has 5 nitrogen and oxygen atoms in total. The van der Waals surface area contributed by atoms with Gasteiger partial charge in [0.05, 0.1) is 12.1 Å². The largest absolute Gasteiger partial charge is 0.481 e. The highest BCUT2D eigenvalue weighted by atomic mass is 16.4. The van der Waals surface area contributed by atoms with E-state index in [4.69, 9.17) is 5.11 Å². The number of aliphatic carboxylic acids is 1. The molecule has 0 saturated heterocycles. The zero-order valence-corrected chi connectivity index (χ0v) is 11.7. The SMILES string of the molecule is O=C(O)Cc1cc(-c2cccnc2)cnc1-c1cccnc1. The Hall–Kier alpha value is -3.08. The fourth-order valence-corrected chi connectivity index (χ4v) is 2.26. The number of carbonyl (C=O) groups is 1. The van der Waals surface area contributed by atoms with Crippen molar-refractivity contribution in [2.75, 3.05) is 0 Å². The van der Waals surface area contributed by atoms with Gasteiger partial charge in [-0.2, -0.15) is 0 Å². The van der Waals surface area contributed by atoms with E-state index in [1.54, 1.807) is 37.1 Å². The molecule has 0 fully saturated rings. The molecule has 0 unspecified atom stereocenters. The maximum absolute atomic E-state index is 11.1. The standard InChI is InChI=1S/C17H13N3O2/c21-16(22)8-14-7-15(12-3-1-5-18-9-12)11-20-17(14)13-4-2-6-19-10-13/h1-7,9-11H,8H2,(H,21,22). The Balaban J connectivity index is 2.10. The van der Waals surface area contributed by atoms with Crippen LogP contribution in [0.1, 0.15) is 5.56 Å². The van der Waals surface area contributed by atoms with Crippen LogP contribution in [0.25, 0.3) is 22.4 Å². The molecule has 3 rings (SSSR count). The minimum Gasteiger partial charge on any atom is -0.481 e. The Morgan fingerprint density at radius 2 is 1.64 bits per heavy atom. The number of hydrogen-bond donors (Lipinski definition) is 1. The van der Waals surface area contributed by atoms with Crippen molar-refractivity contribution in [1.29, 1.82) is 0 Å². The summed E-state index contributed by atoms with van der Waals surface area (Å²) in [5, 5.41) is 9.14. The van der Waals surface area contributed by atoms with Crippen LogP contribution in [0.2, 0.25) is 0 Å². The quantitative estimate of drug-likeness (QED) is 0.800. The van der Waals surface area contributed by atoms with Gasteiger partial charge in [-0.3, -0.25) is 19.7 Å². The van der Waals surface area contributed by atoms with Gasteiger partial charge in [0.1, 0.15) is 0 Å². The molecule has 22 heavy (non-hydrogen) atoms. The zero-order valence-electron chi connectivity index (χ0n) is 11.7. The molecule has 0 aliphatic heterocycles. The van der Waals surface area contributed by atoms with Crippen LogP contribution in [0.4, 0.5) is 0 Å². The average molecular weight is 291 g/mol. The van der Waals surface area contributed by atoms with Gasteiger partial charge in [0.2, 0.25) is 0 Å². The molecule has 0 atom stereocenters. The second-order valence-electron chi connectivity index (χ2n) is 4.79. The lowest BCUT2D eigenvalue weighted by Crippen LogP contribution is -2.04. The van der Waals surface area contributed by atoms with Crippen LogP contribution < -0.4 is 0 Å². The molecule has 3 heterocycles. The summed E-state index contributed by atoms with van der Waals surface area (Å²) in [7, 11) is 0. The van der Waals surface area contributed by atoms with E-state index in [0.717, 1.165) is 16.7 Å². The maximum Gasteiger partial charge on any atom is 0.307 e. The summed E-state index contributed by atoms with van der Waals surface area (Å²) < 4.78 is 0. The third-order valence-corrected chi connectivity index (χ3v) is 3.24. The van der Waals surface area contributed by atoms with Gasteiger partial charge in [-0.1, -0.05) is 6.07 Å². The summed E-state index contributed by atoms with van der Waals surface area (Å²) in [6, 6.07) is 9.26. The molecule has 0 aliphatic rings. The minimum atomic E-state index is -0.893. The van der Waals surface area contributed by atoms with Crippen molar-refractivity contribution in [3.05, 3.63) is 66.9 Å². The second kappa shape index (κ2) is 6.13. The van der Waals surface area contributed by atoms with Gasteiger partial charge < -0.3 is 5.11 Å². The minimum absolute atomic E-state index is 0.0919. The van der Waals surface area contributed by atoms with Crippen molar-refractivity contribution in [3.63, 3.8) is 0 Å². The first kappa shape index (κ1) is 13.9. The molecule has 0 bridgehead atoms. The molecule has 108 valence electrons. The Kier molecular flexibility index (Phi) is 3.87. The van der Waals surface area contributed by atoms with Crippen LogP contribution in [0.5, 0.6) is 0 Å². The number of hydrogen-bond acceptors (Lipinski definition) is 4. The summed E-state index contributed by atoms with van der Waals surface area (Å²) in [6.07, 6.45) is 8.40. The van der Waals surface area contributed by atoms with Gasteiger partial charge in [0, 0.05) is 47.7 Å². The third-order valence-electron chi connectivity index (χ3n) is 3.24. The number of aromatic nitrogens is 3. The van der Waals surface area contributed by atoms with E-state index in [9.17, 15) is 4.79 Å². The molecule has 0 radical (unpaired) electrons. The molecule has 0 aromatic carbocycles. The first-order valence-corrected chi connectivity index (χ1v) is 6.75. The van der Waals surface area contributed by atoms with Crippen LogP contribution in [0.3, 0.4) is 0 Å². The fourth-order valence-electron chi connectivity index (χ4n) is 2.26. The van der Waals surface area contributed by atoms with Crippen molar-refractivity contribution in [3.8, 4) is 22.4 Å². The topological polar surface area (TPSA) is 76.0 Å². The van der Waals surface area contributed by atoms with E-state index in [2.05, 4.69) is 15.0 Å². The number of rotatable bonds is 4. The number of nitrogens with zero attached hydrogens (tertiary/aromatic N) is 3. The highest BCUT2D eigenvalue weighted by Crippen LogP contribution is 2.26. The Labute approximate surface area is 127 Å². The maximum atomic E-state index is 11.1. The lowest BCUT2D eigenvalue weighted by atomic mass is 10.0. The smallest absolute Gasteiger partial charge is 0.307 e. The molecule has 5 heteroatoms. The summed E-state index contributed by atoms with van der Waals surface area (Å²) >= 11 is 0. The first-order chi connectivity index (χ1) is 10.7. The molecular formula is C17H13N3O2. The molecule has 0 amide bonds. The summed E-state index contributed by atoms with van der Waals surface area (Å²) in [5.74, 6) is -0.893. The van der Waals surface area contributed by atoms with Crippen molar-refractivity contribution in [1.82, 2.24) is 15.0 Å². The van der Waals surface area contributed by atoms with Crippen LogP contribution in [0, 0.1) is 0 Å². The van der Waals surface area contributed by atoms with Crippen LogP contribution >= 0.6 is 0 Å². The van der Waals surface area contributed by atoms with Gasteiger partial charge in [-0.25, -0.2) is 0 Å². The van der Waals surface area contributed by atoms with Crippen LogP contribution in [-0.2, 0) is 11.2 Å². The fraction of sp³-hybridized carbons (Fsp3) is 0.0588. The van der Waals surface area contributed by atoms with Crippen molar-refractivity contribution in [2.24, 2.45) is 0 Å². The lowest BCUT2D eigenvalue weighted by molar-refractivity contribution is -0.136. The Morgan fingerprint density at radius 1 is 0.955 bits per heavy atom. The Morgan fingerprint density at radius 3 is 2.23 bits per heavy atom. The number of carboxylic acid groups (broad SMARTS) is 1. The normalized spacial score (nSPS) is 10.4. The molecular weight excluding hydrogens is 278 g/mol. The van der Waals surface area contributed by atoms with Crippen molar-refractivity contribution in [2.45, 2.75) is 6.42 Å². The van der Waals surface area contributed by atoms with Gasteiger partial charge in [0.15, 0.2) is 0 Å². The highest BCUT2D eigenvalue weighted by molar-refractivity contribution is 5.77. The van der Waals surface area contributed by atoms with Crippen molar-refractivity contribution >= 4 is 5.97 Å². The summed E-state index contributed by atoms with van der Waals surface area (Å²) in [5.41, 5.74) is 3.85. The van der Waals surface area contributed by atoms with E-state index in [-0.39, 0.29) is 6.42 Å². The first-order valence-electron chi connectivity index (χ1n) is 6.75. The number of pyridine rings is 3. The van der Waals surface area contributed by atoms with E-state index < -0.39 is 5.97 Å².